The van der Waals surface area contributed by atoms with E-state index in [1.807, 2.05) is 12.1 Å². The van der Waals surface area contributed by atoms with Crippen LogP contribution in [-0.2, 0) is 0 Å². The number of nitrogens with zero attached hydrogens (tertiary/aromatic N) is 1. The highest BCUT2D eigenvalue weighted by atomic mass is 79.9. The molecule has 1 unspecified atom stereocenters. The summed E-state index contributed by atoms with van der Waals surface area (Å²) < 4.78 is 1.03. The topological polar surface area (TPSA) is 15.3 Å². The maximum Gasteiger partial charge on any atom is 0.0464 e. The molecule has 1 aliphatic heterocycles. The Balaban J connectivity index is 1.76. The smallest absolute Gasteiger partial charge is 0.0464 e. The first-order valence-corrected chi connectivity index (χ1v) is 8.64. The van der Waals surface area contributed by atoms with Gasteiger partial charge in [-0.05, 0) is 56.5 Å². The Bertz CT molecular complexity index is 430. The molecule has 1 heterocycles. The first-order chi connectivity index (χ1) is 9.56. The van der Waals surface area contributed by atoms with Crippen molar-refractivity contribution in [2.75, 3.05) is 26.2 Å². The molecule has 0 radical (unpaired) electrons. The fourth-order valence-corrected chi connectivity index (χ4v) is 3.52. The number of rotatable bonds is 5. The molecule has 1 fully saturated rings. The fraction of sp³-hybridized carbons (Fsp3) is 0.625. The van der Waals surface area contributed by atoms with Crippen molar-refractivity contribution < 1.29 is 0 Å². The molecule has 0 aromatic heterocycles. The van der Waals surface area contributed by atoms with Crippen LogP contribution in [0.4, 0.5) is 0 Å². The molecule has 1 N–H and O–H groups in total. The SMILES string of the molecule is CC1CCN(CCNC(C)c2ccc(Br)cc2Cl)CC1. The Kier molecular flexibility index (Phi) is 6.34. The summed E-state index contributed by atoms with van der Waals surface area (Å²) in [7, 11) is 0. The Hall–Kier alpha value is -0.0900. The number of hydrogen-bond donors (Lipinski definition) is 1. The lowest BCUT2D eigenvalue weighted by molar-refractivity contribution is 0.191. The molecular formula is C16H24BrClN2. The predicted molar refractivity (Wildman–Crippen MR) is 90.4 cm³/mol. The van der Waals surface area contributed by atoms with Crippen LogP contribution in [-0.4, -0.2) is 31.1 Å². The monoisotopic (exact) mass is 358 g/mol. The summed E-state index contributed by atoms with van der Waals surface area (Å²) in [4.78, 5) is 2.56. The van der Waals surface area contributed by atoms with Crippen molar-refractivity contribution >= 4 is 27.5 Å². The van der Waals surface area contributed by atoms with E-state index in [0.29, 0.717) is 6.04 Å². The predicted octanol–water partition coefficient (Wildman–Crippen LogP) is 4.49. The third kappa shape index (κ3) is 4.73. The van der Waals surface area contributed by atoms with Crippen LogP contribution >= 0.6 is 27.5 Å². The molecule has 112 valence electrons. The maximum atomic E-state index is 6.29. The maximum absolute atomic E-state index is 6.29. The minimum Gasteiger partial charge on any atom is -0.309 e. The lowest BCUT2D eigenvalue weighted by Gasteiger charge is -2.30. The van der Waals surface area contributed by atoms with Gasteiger partial charge in [-0.2, -0.15) is 0 Å². The van der Waals surface area contributed by atoms with Gasteiger partial charge in [-0.25, -0.2) is 0 Å². The molecule has 1 aromatic rings. The molecule has 2 nitrogen and oxygen atoms in total. The summed E-state index contributed by atoms with van der Waals surface area (Å²) in [5.74, 6) is 0.903. The summed E-state index contributed by atoms with van der Waals surface area (Å²) in [5.41, 5.74) is 1.17. The van der Waals surface area contributed by atoms with E-state index in [1.54, 1.807) is 0 Å². The van der Waals surface area contributed by atoms with Crippen molar-refractivity contribution in [3.05, 3.63) is 33.3 Å². The van der Waals surface area contributed by atoms with E-state index in [4.69, 9.17) is 11.6 Å². The molecule has 1 aromatic carbocycles. The van der Waals surface area contributed by atoms with Crippen molar-refractivity contribution in [1.82, 2.24) is 10.2 Å². The zero-order valence-corrected chi connectivity index (χ0v) is 14.7. The van der Waals surface area contributed by atoms with E-state index in [1.165, 1.54) is 31.5 Å². The second-order valence-corrected chi connectivity index (χ2v) is 7.19. The zero-order valence-electron chi connectivity index (χ0n) is 12.3. The highest BCUT2D eigenvalue weighted by Gasteiger charge is 2.15. The molecule has 1 aliphatic rings. The Morgan fingerprint density at radius 3 is 2.75 bits per heavy atom. The fourth-order valence-electron chi connectivity index (χ4n) is 2.69. The Morgan fingerprint density at radius 2 is 2.10 bits per heavy atom. The van der Waals surface area contributed by atoms with E-state index in [-0.39, 0.29) is 0 Å². The van der Waals surface area contributed by atoms with Gasteiger partial charge in [0.1, 0.15) is 0 Å². The first-order valence-electron chi connectivity index (χ1n) is 7.47. The van der Waals surface area contributed by atoms with Crippen molar-refractivity contribution in [1.29, 1.82) is 0 Å². The van der Waals surface area contributed by atoms with Gasteiger partial charge < -0.3 is 10.2 Å². The number of halogens is 2. The third-order valence-electron chi connectivity index (χ3n) is 4.18. The van der Waals surface area contributed by atoms with Crippen LogP contribution in [0.15, 0.2) is 22.7 Å². The molecule has 1 saturated heterocycles. The summed E-state index contributed by atoms with van der Waals surface area (Å²) in [6, 6.07) is 6.39. The number of nitrogens with one attached hydrogen (secondary N) is 1. The second kappa shape index (κ2) is 7.79. The van der Waals surface area contributed by atoms with Crippen LogP contribution < -0.4 is 5.32 Å². The minimum atomic E-state index is 0.291. The Morgan fingerprint density at radius 1 is 1.40 bits per heavy atom. The normalized spacial score (nSPS) is 19.2. The minimum absolute atomic E-state index is 0.291. The van der Waals surface area contributed by atoms with Crippen molar-refractivity contribution in [2.45, 2.75) is 32.7 Å². The quantitative estimate of drug-likeness (QED) is 0.833. The van der Waals surface area contributed by atoms with Gasteiger partial charge in [0.25, 0.3) is 0 Å². The highest BCUT2D eigenvalue weighted by molar-refractivity contribution is 9.10. The van der Waals surface area contributed by atoms with Gasteiger partial charge in [0.2, 0.25) is 0 Å². The van der Waals surface area contributed by atoms with Gasteiger partial charge in [0, 0.05) is 28.6 Å². The van der Waals surface area contributed by atoms with E-state index in [0.717, 1.165) is 28.5 Å². The molecule has 2 rings (SSSR count). The van der Waals surface area contributed by atoms with Crippen LogP contribution in [0.25, 0.3) is 0 Å². The molecule has 20 heavy (non-hydrogen) atoms. The Labute approximate surface area is 136 Å². The molecule has 1 atom stereocenters. The van der Waals surface area contributed by atoms with Crippen LogP contribution in [0.1, 0.15) is 38.3 Å². The number of likely N-dealkylation sites (tertiary alicyclic amines) is 1. The molecule has 0 spiro atoms. The summed E-state index contributed by atoms with van der Waals surface area (Å²) >= 11 is 9.73. The van der Waals surface area contributed by atoms with Gasteiger partial charge in [-0.15, -0.1) is 0 Å². The summed E-state index contributed by atoms with van der Waals surface area (Å²) in [6.07, 6.45) is 2.68. The van der Waals surface area contributed by atoms with Gasteiger partial charge in [0.05, 0.1) is 0 Å². The second-order valence-electron chi connectivity index (χ2n) is 5.87. The van der Waals surface area contributed by atoms with E-state index in [9.17, 15) is 0 Å². The average Bonchev–Trinajstić information content (AvgIpc) is 2.41. The first kappa shape index (κ1) is 16.3. The largest absolute Gasteiger partial charge is 0.309 e. The van der Waals surface area contributed by atoms with E-state index < -0.39 is 0 Å². The average molecular weight is 360 g/mol. The molecular weight excluding hydrogens is 336 g/mol. The standard InChI is InChI=1S/C16H24BrClN2/c1-12-5-8-20(9-6-12)10-7-19-13(2)15-4-3-14(17)11-16(15)18/h3-4,11-13,19H,5-10H2,1-2H3. The zero-order chi connectivity index (χ0) is 14.5. The molecule has 4 heteroatoms. The molecule has 0 aliphatic carbocycles. The third-order valence-corrected chi connectivity index (χ3v) is 5.00. The van der Waals surface area contributed by atoms with Crippen LogP contribution in [0, 0.1) is 5.92 Å². The van der Waals surface area contributed by atoms with Crippen LogP contribution in [0.2, 0.25) is 5.02 Å². The number of piperidine rings is 1. The summed E-state index contributed by atoms with van der Waals surface area (Å²) in [5, 5.41) is 4.40. The van der Waals surface area contributed by atoms with Crippen LogP contribution in [0.3, 0.4) is 0 Å². The molecule has 0 saturated carbocycles. The van der Waals surface area contributed by atoms with E-state index in [2.05, 4.69) is 46.1 Å². The molecule has 0 bridgehead atoms. The summed E-state index contributed by atoms with van der Waals surface area (Å²) in [6.45, 7) is 9.17. The lowest BCUT2D eigenvalue weighted by atomic mass is 9.99. The van der Waals surface area contributed by atoms with Gasteiger partial charge >= 0.3 is 0 Å². The van der Waals surface area contributed by atoms with Crippen LogP contribution in [0.5, 0.6) is 0 Å². The number of benzene rings is 1. The van der Waals surface area contributed by atoms with Crippen molar-refractivity contribution in [3.63, 3.8) is 0 Å². The van der Waals surface area contributed by atoms with Crippen molar-refractivity contribution in [2.24, 2.45) is 5.92 Å². The molecule has 0 amide bonds. The van der Waals surface area contributed by atoms with Gasteiger partial charge in [-0.3, -0.25) is 0 Å². The van der Waals surface area contributed by atoms with E-state index >= 15 is 0 Å². The van der Waals surface area contributed by atoms with Gasteiger partial charge in [-0.1, -0.05) is 40.5 Å². The lowest BCUT2D eigenvalue weighted by Crippen LogP contribution is -2.38. The number of hydrogen-bond acceptors (Lipinski definition) is 2. The van der Waals surface area contributed by atoms with Crippen molar-refractivity contribution in [3.8, 4) is 0 Å². The van der Waals surface area contributed by atoms with Gasteiger partial charge in [0.15, 0.2) is 0 Å². The highest BCUT2D eigenvalue weighted by Crippen LogP contribution is 2.26.